The van der Waals surface area contributed by atoms with E-state index in [1.165, 1.54) is 6.92 Å². The molecule has 1 aliphatic rings. The molecule has 1 heterocycles. The number of hydrogen-bond acceptors (Lipinski definition) is 4. The van der Waals surface area contributed by atoms with E-state index < -0.39 is 6.10 Å². The Morgan fingerprint density at radius 3 is 2.60 bits per heavy atom. The van der Waals surface area contributed by atoms with Crippen molar-refractivity contribution in [2.24, 2.45) is 11.7 Å². The lowest BCUT2D eigenvalue weighted by Crippen LogP contribution is -2.60. The van der Waals surface area contributed by atoms with Crippen LogP contribution in [0.5, 0.6) is 0 Å². The summed E-state index contributed by atoms with van der Waals surface area (Å²) in [5.74, 6) is -0.226. The maximum Gasteiger partial charge on any atom is 0.217 e. The number of rotatable bonds is 2. The second kappa shape index (κ2) is 4.92. The molecule has 0 spiro atoms. The van der Waals surface area contributed by atoms with Crippen molar-refractivity contribution >= 4 is 5.91 Å². The topological polar surface area (TPSA) is 84.6 Å². The maximum absolute atomic E-state index is 11.0. The van der Waals surface area contributed by atoms with Crippen LogP contribution in [-0.2, 0) is 9.53 Å². The van der Waals surface area contributed by atoms with Crippen LogP contribution >= 0.6 is 0 Å². The molecular weight excluding hydrogens is 196 g/mol. The van der Waals surface area contributed by atoms with Crippen LogP contribution in [0.2, 0.25) is 0 Å². The minimum atomic E-state index is -0.605. The number of nitrogens with two attached hydrogens (primary N) is 1. The molecule has 15 heavy (non-hydrogen) atoms. The summed E-state index contributed by atoms with van der Waals surface area (Å²) in [4.78, 5) is 11.0. The number of carbonyl (C=O) groups excluding carboxylic acids is 1. The predicted molar refractivity (Wildman–Crippen MR) is 56.2 cm³/mol. The van der Waals surface area contributed by atoms with Crippen LogP contribution in [0.1, 0.15) is 20.8 Å². The van der Waals surface area contributed by atoms with Crippen molar-refractivity contribution in [3.05, 3.63) is 0 Å². The van der Waals surface area contributed by atoms with Gasteiger partial charge in [0.1, 0.15) is 0 Å². The highest BCUT2D eigenvalue weighted by Gasteiger charge is 2.40. The molecule has 4 N–H and O–H groups in total. The first-order valence-electron chi connectivity index (χ1n) is 5.28. The quantitative estimate of drug-likeness (QED) is 0.566. The van der Waals surface area contributed by atoms with Crippen LogP contribution in [0.15, 0.2) is 0 Å². The molecule has 88 valence electrons. The first-order valence-corrected chi connectivity index (χ1v) is 5.28. The lowest BCUT2D eigenvalue weighted by Gasteiger charge is -2.42. The molecule has 5 unspecified atom stereocenters. The lowest BCUT2D eigenvalue weighted by molar-refractivity contribution is -0.148. The second-order valence-electron chi connectivity index (χ2n) is 4.19. The first-order chi connectivity index (χ1) is 6.97. The summed E-state index contributed by atoms with van der Waals surface area (Å²) in [6.07, 6.45) is -0.958. The van der Waals surface area contributed by atoms with Crippen molar-refractivity contribution in [1.29, 1.82) is 0 Å². The van der Waals surface area contributed by atoms with Crippen LogP contribution in [-0.4, -0.2) is 41.9 Å². The van der Waals surface area contributed by atoms with E-state index in [9.17, 15) is 9.90 Å². The van der Waals surface area contributed by atoms with Gasteiger partial charge in [0, 0.05) is 19.4 Å². The van der Waals surface area contributed by atoms with Crippen LogP contribution in [0.25, 0.3) is 0 Å². The highest BCUT2D eigenvalue weighted by molar-refractivity contribution is 5.73. The standard InChI is InChI=1S/C10H20N2O3/c1-5-8(4-11)15-6(2)9(10(5)14)12-7(3)13/h5-6,8-10,14H,4,11H2,1-3H3,(H,12,13). The Kier molecular flexibility index (Phi) is 4.07. The zero-order valence-corrected chi connectivity index (χ0v) is 9.43. The number of aliphatic hydroxyl groups excluding tert-OH is 1. The summed E-state index contributed by atoms with van der Waals surface area (Å²) >= 11 is 0. The third-order valence-electron chi connectivity index (χ3n) is 2.99. The van der Waals surface area contributed by atoms with E-state index in [4.69, 9.17) is 10.5 Å². The fourth-order valence-electron chi connectivity index (χ4n) is 2.02. The van der Waals surface area contributed by atoms with Crippen molar-refractivity contribution in [3.63, 3.8) is 0 Å². The number of carbonyl (C=O) groups is 1. The van der Waals surface area contributed by atoms with Crippen molar-refractivity contribution in [3.8, 4) is 0 Å². The lowest BCUT2D eigenvalue weighted by atomic mass is 9.87. The van der Waals surface area contributed by atoms with Gasteiger partial charge < -0.3 is 20.9 Å². The van der Waals surface area contributed by atoms with Gasteiger partial charge in [0.2, 0.25) is 5.91 Å². The van der Waals surface area contributed by atoms with Gasteiger partial charge in [0.15, 0.2) is 0 Å². The van der Waals surface area contributed by atoms with Gasteiger partial charge in [-0.1, -0.05) is 6.92 Å². The Morgan fingerprint density at radius 2 is 2.13 bits per heavy atom. The van der Waals surface area contributed by atoms with Crippen molar-refractivity contribution in [2.45, 2.75) is 45.1 Å². The summed E-state index contributed by atoms with van der Waals surface area (Å²) in [5.41, 5.74) is 5.54. The number of ether oxygens (including phenoxy) is 1. The van der Waals surface area contributed by atoms with Crippen LogP contribution < -0.4 is 11.1 Å². The van der Waals surface area contributed by atoms with E-state index in [0.29, 0.717) is 6.54 Å². The summed E-state index contributed by atoms with van der Waals surface area (Å²) < 4.78 is 5.63. The molecule has 0 aliphatic carbocycles. The average molecular weight is 216 g/mol. The third-order valence-corrected chi connectivity index (χ3v) is 2.99. The fourth-order valence-corrected chi connectivity index (χ4v) is 2.02. The van der Waals surface area contributed by atoms with E-state index in [-0.39, 0.29) is 30.1 Å². The van der Waals surface area contributed by atoms with E-state index in [2.05, 4.69) is 5.32 Å². The molecule has 0 saturated carbocycles. The minimum absolute atomic E-state index is 0.0666. The number of aliphatic hydroxyl groups is 1. The minimum Gasteiger partial charge on any atom is -0.391 e. The van der Waals surface area contributed by atoms with Gasteiger partial charge in [-0.15, -0.1) is 0 Å². The molecule has 1 amide bonds. The number of hydrogen-bond donors (Lipinski definition) is 3. The molecule has 1 aliphatic heterocycles. The zero-order chi connectivity index (χ0) is 11.6. The van der Waals surface area contributed by atoms with E-state index in [0.717, 1.165) is 0 Å². The molecule has 0 aromatic carbocycles. The first kappa shape index (κ1) is 12.4. The van der Waals surface area contributed by atoms with Crippen molar-refractivity contribution < 1.29 is 14.6 Å². The molecule has 1 saturated heterocycles. The largest absolute Gasteiger partial charge is 0.391 e. The third kappa shape index (κ3) is 2.68. The summed E-state index contributed by atoms with van der Waals surface area (Å²) in [6.45, 7) is 5.52. The predicted octanol–water partition coefficient (Wildman–Crippen LogP) is -0.766. The highest BCUT2D eigenvalue weighted by Crippen LogP contribution is 2.25. The van der Waals surface area contributed by atoms with Gasteiger partial charge in [-0.3, -0.25) is 4.79 Å². The van der Waals surface area contributed by atoms with Gasteiger partial charge in [-0.05, 0) is 6.92 Å². The Labute approximate surface area is 90.0 Å². The Hall–Kier alpha value is -0.650. The summed E-state index contributed by atoms with van der Waals surface area (Å²) in [5, 5.41) is 12.7. The number of nitrogens with one attached hydrogen (secondary N) is 1. The monoisotopic (exact) mass is 216 g/mol. The summed E-state index contributed by atoms with van der Waals surface area (Å²) in [6, 6.07) is -0.347. The van der Waals surface area contributed by atoms with E-state index in [1.807, 2.05) is 13.8 Å². The van der Waals surface area contributed by atoms with Gasteiger partial charge in [-0.25, -0.2) is 0 Å². The van der Waals surface area contributed by atoms with Crippen molar-refractivity contribution in [1.82, 2.24) is 5.32 Å². The van der Waals surface area contributed by atoms with Gasteiger partial charge in [-0.2, -0.15) is 0 Å². The second-order valence-corrected chi connectivity index (χ2v) is 4.19. The van der Waals surface area contributed by atoms with Crippen LogP contribution in [0, 0.1) is 5.92 Å². The molecule has 0 bridgehead atoms. The number of amides is 1. The Morgan fingerprint density at radius 1 is 1.53 bits per heavy atom. The fraction of sp³-hybridized carbons (Fsp3) is 0.900. The van der Waals surface area contributed by atoms with Gasteiger partial charge in [0.05, 0.1) is 24.4 Å². The van der Waals surface area contributed by atoms with E-state index >= 15 is 0 Å². The zero-order valence-electron chi connectivity index (χ0n) is 9.43. The normalized spacial score (nSPS) is 41.3. The average Bonchev–Trinajstić information content (AvgIpc) is 2.18. The van der Waals surface area contributed by atoms with Crippen molar-refractivity contribution in [2.75, 3.05) is 6.54 Å². The van der Waals surface area contributed by atoms with Gasteiger partial charge >= 0.3 is 0 Å². The van der Waals surface area contributed by atoms with E-state index in [1.54, 1.807) is 0 Å². The SMILES string of the molecule is CC(=O)NC1C(C)OC(CN)C(C)C1O. The van der Waals surface area contributed by atoms with Crippen LogP contribution in [0.4, 0.5) is 0 Å². The molecule has 0 aromatic heterocycles. The Bertz CT molecular complexity index is 235. The maximum atomic E-state index is 11.0. The summed E-state index contributed by atoms with van der Waals surface area (Å²) in [7, 11) is 0. The molecule has 1 fully saturated rings. The Balaban J connectivity index is 2.70. The van der Waals surface area contributed by atoms with Gasteiger partial charge in [0.25, 0.3) is 0 Å². The molecule has 5 nitrogen and oxygen atoms in total. The molecular formula is C10H20N2O3. The molecule has 0 aromatic rings. The smallest absolute Gasteiger partial charge is 0.217 e. The molecule has 5 atom stereocenters. The molecule has 5 heteroatoms. The van der Waals surface area contributed by atoms with Crippen LogP contribution in [0.3, 0.4) is 0 Å². The highest BCUT2D eigenvalue weighted by atomic mass is 16.5. The molecule has 1 rings (SSSR count). The molecule has 0 radical (unpaired) electrons.